The Morgan fingerprint density at radius 2 is 2.11 bits per heavy atom. The van der Waals surface area contributed by atoms with Crippen molar-refractivity contribution in [3.05, 3.63) is 23.8 Å². The van der Waals surface area contributed by atoms with Crippen molar-refractivity contribution in [3.8, 4) is 0 Å². The van der Waals surface area contributed by atoms with E-state index >= 15 is 0 Å². The summed E-state index contributed by atoms with van der Waals surface area (Å²) in [6, 6.07) is 0. The zero-order chi connectivity index (χ0) is 14.1. The Morgan fingerprint density at radius 3 is 2.63 bits per heavy atom. The van der Waals surface area contributed by atoms with E-state index in [4.69, 9.17) is 9.94 Å². The molecule has 0 saturated carbocycles. The van der Waals surface area contributed by atoms with Crippen molar-refractivity contribution in [2.24, 2.45) is 0 Å². The molecule has 6 heteroatoms. The van der Waals surface area contributed by atoms with Gasteiger partial charge < -0.3 is 4.74 Å². The molecule has 0 radical (unpaired) electrons. The van der Waals surface area contributed by atoms with Crippen LogP contribution in [0.15, 0.2) is 12.4 Å². The second-order valence-electron chi connectivity index (χ2n) is 4.36. The summed E-state index contributed by atoms with van der Waals surface area (Å²) in [5, 5.41) is 8.51. The number of unbranched alkanes of at least 4 members (excludes halogenated alkanes) is 1. The zero-order valence-corrected chi connectivity index (χ0v) is 11.4. The lowest BCUT2D eigenvalue weighted by Crippen LogP contribution is -2.19. The highest BCUT2D eigenvalue weighted by atomic mass is 16.5. The molecule has 0 fully saturated rings. The summed E-state index contributed by atoms with van der Waals surface area (Å²) in [6.45, 7) is 2.87. The minimum Gasteiger partial charge on any atom is -0.385 e. The summed E-state index contributed by atoms with van der Waals surface area (Å²) in [6.07, 6.45) is 6.92. The van der Waals surface area contributed by atoms with Gasteiger partial charge in [-0.2, -0.15) is 0 Å². The van der Waals surface area contributed by atoms with Gasteiger partial charge in [0.05, 0.1) is 5.56 Å². The predicted octanol–water partition coefficient (Wildman–Crippen LogP) is 1.91. The lowest BCUT2D eigenvalue weighted by atomic mass is 9.98. The number of hydrogen-bond acceptors (Lipinski definition) is 5. The first-order chi connectivity index (χ1) is 9.22. The van der Waals surface area contributed by atoms with Crippen LogP contribution in [-0.2, 0) is 4.74 Å². The Morgan fingerprint density at radius 1 is 1.42 bits per heavy atom. The fourth-order valence-corrected chi connectivity index (χ4v) is 1.88. The molecule has 1 aromatic rings. The fourth-order valence-electron chi connectivity index (χ4n) is 1.88. The molecule has 0 aromatic carbocycles. The van der Waals surface area contributed by atoms with Crippen molar-refractivity contribution in [1.29, 1.82) is 0 Å². The van der Waals surface area contributed by atoms with E-state index in [1.165, 1.54) is 12.4 Å². The van der Waals surface area contributed by atoms with Crippen LogP contribution >= 0.6 is 0 Å². The molecule has 1 rings (SSSR count). The second kappa shape index (κ2) is 8.55. The monoisotopic (exact) mass is 267 g/mol. The number of carbonyl (C=O) groups is 1. The van der Waals surface area contributed by atoms with E-state index in [2.05, 4.69) is 16.9 Å². The Kier molecular flexibility index (Phi) is 6.99. The number of hydroxylamine groups is 1. The number of rotatable bonds is 8. The molecule has 0 aliphatic heterocycles. The molecule has 0 aliphatic rings. The number of nitrogens with zero attached hydrogens (tertiary/aromatic N) is 2. The minimum atomic E-state index is -0.598. The van der Waals surface area contributed by atoms with Crippen LogP contribution in [0.4, 0.5) is 0 Å². The number of hydrogen-bond donors (Lipinski definition) is 2. The summed E-state index contributed by atoms with van der Waals surface area (Å²) in [5.74, 6) is 0.442. The van der Waals surface area contributed by atoms with Crippen molar-refractivity contribution in [2.45, 2.75) is 38.5 Å². The maximum absolute atomic E-state index is 11.2. The van der Waals surface area contributed by atoms with E-state index in [9.17, 15) is 4.79 Å². The quantitative estimate of drug-likeness (QED) is 0.427. The topological polar surface area (TPSA) is 84.3 Å². The molecule has 0 aliphatic carbocycles. The SMILES string of the molecule is CCC(CCCCOC)c1ncc(C(=O)NO)cn1. The van der Waals surface area contributed by atoms with Crippen LogP contribution in [0.2, 0.25) is 0 Å². The molecule has 1 aromatic heterocycles. The number of ether oxygens (including phenoxy) is 1. The van der Waals surface area contributed by atoms with Crippen LogP contribution in [-0.4, -0.2) is 34.8 Å². The van der Waals surface area contributed by atoms with Crippen molar-refractivity contribution >= 4 is 5.91 Å². The van der Waals surface area contributed by atoms with Crippen molar-refractivity contribution < 1.29 is 14.7 Å². The second-order valence-corrected chi connectivity index (χ2v) is 4.36. The molecule has 1 amide bonds. The molecule has 1 atom stereocenters. The fraction of sp³-hybridized carbons (Fsp3) is 0.615. The van der Waals surface area contributed by atoms with Crippen LogP contribution in [0.1, 0.15) is 54.7 Å². The molecule has 0 bridgehead atoms. The highest BCUT2D eigenvalue weighted by Gasteiger charge is 2.13. The molecule has 0 saturated heterocycles. The zero-order valence-electron chi connectivity index (χ0n) is 11.4. The van der Waals surface area contributed by atoms with Gasteiger partial charge in [0.2, 0.25) is 0 Å². The Hall–Kier alpha value is -1.53. The number of methoxy groups -OCH3 is 1. The first kappa shape index (κ1) is 15.5. The molecule has 2 N–H and O–H groups in total. The van der Waals surface area contributed by atoms with E-state index in [0.29, 0.717) is 5.92 Å². The van der Waals surface area contributed by atoms with Gasteiger partial charge in [0.15, 0.2) is 0 Å². The molecular weight excluding hydrogens is 246 g/mol. The summed E-state index contributed by atoms with van der Waals surface area (Å²) < 4.78 is 5.02. The Labute approximate surface area is 113 Å². The van der Waals surface area contributed by atoms with Gasteiger partial charge >= 0.3 is 0 Å². The Bertz CT molecular complexity index is 381. The van der Waals surface area contributed by atoms with Gasteiger partial charge in [-0.25, -0.2) is 15.4 Å². The Balaban J connectivity index is 2.58. The summed E-state index contributed by atoms with van der Waals surface area (Å²) in [4.78, 5) is 19.6. The lowest BCUT2D eigenvalue weighted by Gasteiger charge is -2.13. The van der Waals surface area contributed by atoms with E-state index < -0.39 is 5.91 Å². The first-order valence-corrected chi connectivity index (χ1v) is 6.48. The molecule has 1 unspecified atom stereocenters. The van der Waals surface area contributed by atoms with Crippen LogP contribution in [0.5, 0.6) is 0 Å². The van der Waals surface area contributed by atoms with E-state index in [-0.39, 0.29) is 5.56 Å². The van der Waals surface area contributed by atoms with Crippen LogP contribution < -0.4 is 5.48 Å². The molecule has 19 heavy (non-hydrogen) atoms. The maximum atomic E-state index is 11.2. The van der Waals surface area contributed by atoms with E-state index in [1.807, 2.05) is 0 Å². The largest absolute Gasteiger partial charge is 0.385 e. The molecule has 106 valence electrons. The standard InChI is InChI=1S/C13H21N3O3/c1-3-10(6-4-5-7-19-2)12-14-8-11(9-15-12)13(17)16-18/h8-10,18H,3-7H2,1-2H3,(H,16,17). The van der Waals surface area contributed by atoms with Crippen LogP contribution in [0.3, 0.4) is 0 Å². The predicted molar refractivity (Wildman–Crippen MR) is 70.0 cm³/mol. The van der Waals surface area contributed by atoms with Gasteiger partial charge in [-0.1, -0.05) is 13.3 Å². The highest BCUT2D eigenvalue weighted by molar-refractivity contribution is 5.92. The van der Waals surface area contributed by atoms with Gasteiger partial charge in [0.25, 0.3) is 5.91 Å². The normalized spacial score (nSPS) is 12.2. The first-order valence-electron chi connectivity index (χ1n) is 6.48. The van der Waals surface area contributed by atoms with E-state index in [0.717, 1.165) is 38.1 Å². The molecular formula is C13H21N3O3. The summed E-state index contributed by atoms with van der Waals surface area (Å²) >= 11 is 0. The third-order valence-corrected chi connectivity index (χ3v) is 3.04. The van der Waals surface area contributed by atoms with Crippen molar-refractivity contribution in [1.82, 2.24) is 15.4 Å². The van der Waals surface area contributed by atoms with Gasteiger partial charge in [0.1, 0.15) is 5.82 Å². The van der Waals surface area contributed by atoms with Crippen LogP contribution in [0.25, 0.3) is 0 Å². The maximum Gasteiger partial charge on any atom is 0.277 e. The summed E-state index contributed by atoms with van der Waals surface area (Å²) in [7, 11) is 1.70. The molecule has 0 spiro atoms. The smallest absolute Gasteiger partial charge is 0.277 e. The third-order valence-electron chi connectivity index (χ3n) is 3.04. The summed E-state index contributed by atoms with van der Waals surface area (Å²) in [5.41, 5.74) is 1.81. The van der Waals surface area contributed by atoms with Crippen molar-refractivity contribution in [3.63, 3.8) is 0 Å². The average molecular weight is 267 g/mol. The third kappa shape index (κ3) is 4.92. The average Bonchev–Trinajstić information content (AvgIpc) is 2.47. The van der Waals surface area contributed by atoms with Gasteiger partial charge in [-0.3, -0.25) is 10.0 Å². The number of carbonyl (C=O) groups excluding carboxylic acids is 1. The van der Waals surface area contributed by atoms with Gasteiger partial charge in [0, 0.05) is 32.0 Å². The molecule has 1 heterocycles. The number of amides is 1. The lowest BCUT2D eigenvalue weighted by molar-refractivity contribution is 0.0705. The van der Waals surface area contributed by atoms with Crippen LogP contribution in [0, 0.1) is 0 Å². The van der Waals surface area contributed by atoms with Gasteiger partial charge in [-0.05, 0) is 19.3 Å². The van der Waals surface area contributed by atoms with Crippen molar-refractivity contribution in [2.75, 3.05) is 13.7 Å². The minimum absolute atomic E-state index is 0.250. The van der Waals surface area contributed by atoms with Gasteiger partial charge in [-0.15, -0.1) is 0 Å². The molecule has 6 nitrogen and oxygen atoms in total. The number of aromatic nitrogens is 2. The number of nitrogens with one attached hydrogen (secondary N) is 1. The van der Waals surface area contributed by atoms with E-state index in [1.54, 1.807) is 12.6 Å². The highest BCUT2D eigenvalue weighted by Crippen LogP contribution is 2.22.